The van der Waals surface area contributed by atoms with Crippen molar-refractivity contribution in [3.63, 3.8) is 0 Å². The number of halogens is 4. The molecule has 0 saturated carbocycles. The summed E-state index contributed by atoms with van der Waals surface area (Å²) in [5.41, 5.74) is 1.17. The number of alkyl halides is 3. The Morgan fingerprint density at radius 2 is 1.88 bits per heavy atom. The summed E-state index contributed by atoms with van der Waals surface area (Å²) in [6.45, 7) is 1.86. The van der Waals surface area contributed by atoms with Crippen LogP contribution in [0.25, 0.3) is 11.3 Å². The summed E-state index contributed by atoms with van der Waals surface area (Å²) >= 11 is 2.13. The quantitative estimate of drug-likeness (QED) is 0.550. The number of aryl methyl sites for hydroxylation is 1. The predicted octanol–water partition coefficient (Wildman–Crippen LogP) is 5.21. The molecule has 0 saturated heterocycles. The molecule has 1 aromatic carbocycles. The number of pyridine rings is 1. The lowest BCUT2D eigenvalue weighted by Crippen LogP contribution is -2.11. The van der Waals surface area contributed by atoms with E-state index >= 15 is 0 Å². The van der Waals surface area contributed by atoms with Gasteiger partial charge < -0.3 is 5.32 Å². The number of rotatable bonds is 3. The van der Waals surface area contributed by atoms with Crippen molar-refractivity contribution in [3.05, 3.63) is 63.6 Å². The number of hydrogen-bond acceptors (Lipinski definition) is 4. The molecule has 0 fully saturated rings. The van der Waals surface area contributed by atoms with Crippen LogP contribution in [0.4, 0.5) is 24.8 Å². The van der Waals surface area contributed by atoms with Gasteiger partial charge in [0.2, 0.25) is 5.95 Å². The van der Waals surface area contributed by atoms with E-state index in [9.17, 15) is 13.2 Å². The first-order chi connectivity index (χ1) is 11.8. The van der Waals surface area contributed by atoms with Crippen LogP contribution in [0.1, 0.15) is 11.3 Å². The van der Waals surface area contributed by atoms with E-state index in [1.807, 2.05) is 25.1 Å². The van der Waals surface area contributed by atoms with Gasteiger partial charge in [0.1, 0.15) is 0 Å². The highest BCUT2D eigenvalue weighted by molar-refractivity contribution is 14.1. The van der Waals surface area contributed by atoms with Crippen LogP contribution in [-0.4, -0.2) is 15.0 Å². The standard InChI is InChI=1S/C17H12F3IN4/c1-10-4-5-12(21)7-13(10)23-16-24-14(11-3-2-6-22-9-11)8-15(25-16)17(18,19)20/h2-9H,1H3,(H,23,24,25). The van der Waals surface area contributed by atoms with Crippen LogP contribution >= 0.6 is 22.6 Å². The minimum atomic E-state index is -4.57. The fraction of sp³-hybridized carbons (Fsp3) is 0.118. The summed E-state index contributed by atoms with van der Waals surface area (Å²) in [6.07, 6.45) is -1.57. The SMILES string of the molecule is Cc1ccc(I)cc1Nc1nc(-c2cccnc2)cc(C(F)(F)F)n1. The molecule has 0 aliphatic carbocycles. The Morgan fingerprint density at radius 3 is 2.56 bits per heavy atom. The highest BCUT2D eigenvalue weighted by Gasteiger charge is 2.34. The molecule has 0 aliphatic heterocycles. The van der Waals surface area contributed by atoms with Crippen molar-refractivity contribution < 1.29 is 13.2 Å². The molecule has 0 unspecified atom stereocenters. The number of nitrogens with zero attached hydrogens (tertiary/aromatic N) is 3. The lowest BCUT2D eigenvalue weighted by Gasteiger charge is -2.13. The van der Waals surface area contributed by atoms with E-state index in [4.69, 9.17) is 0 Å². The van der Waals surface area contributed by atoms with Crippen molar-refractivity contribution in [2.75, 3.05) is 5.32 Å². The van der Waals surface area contributed by atoms with E-state index in [0.29, 0.717) is 11.3 Å². The van der Waals surface area contributed by atoms with Crippen LogP contribution in [0.5, 0.6) is 0 Å². The van der Waals surface area contributed by atoms with Gasteiger partial charge in [0, 0.05) is 27.2 Å². The Balaban J connectivity index is 2.08. The van der Waals surface area contributed by atoms with Crippen molar-refractivity contribution in [2.45, 2.75) is 13.1 Å². The molecule has 0 bridgehead atoms. The second-order valence-electron chi connectivity index (χ2n) is 5.29. The van der Waals surface area contributed by atoms with Crippen LogP contribution in [0.2, 0.25) is 0 Å². The molecule has 0 radical (unpaired) electrons. The largest absolute Gasteiger partial charge is 0.433 e. The molecule has 0 spiro atoms. The zero-order chi connectivity index (χ0) is 18.0. The van der Waals surface area contributed by atoms with E-state index in [1.165, 1.54) is 6.20 Å². The molecule has 0 amide bonds. The van der Waals surface area contributed by atoms with Gasteiger partial charge in [-0.15, -0.1) is 0 Å². The molecule has 8 heteroatoms. The van der Waals surface area contributed by atoms with Crippen LogP contribution < -0.4 is 5.32 Å². The first-order valence-corrected chi connectivity index (χ1v) is 8.30. The number of anilines is 2. The third-order valence-corrected chi connectivity index (χ3v) is 4.09. The molecule has 4 nitrogen and oxygen atoms in total. The average molecular weight is 456 g/mol. The van der Waals surface area contributed by atoms with Gasteiger partial charge in [-0.25, -0.2) is 9.97 Å². The first-order valence-electron chi connectivity index (χ1n) is 7.23. The Hall–Kier alpha value is -2.23. The summed E-state index contributed by atoms with van der Waals surface area (Å²) in [4.78, 5) is 11.8. The number of aromatic nitrogens is 3. The number of benzene rings is 1. The van der Waals surface area contributed by atoms with Gasteiger partial charge in [-0.3, -0.25) is 4.98 Å². The van der Waals surface area contributed by atoms with Crippen LogP contribution in [0.15, 0.2) is 48.8 Å². The maximum Gasteiger partial charge on any atom is 0.433 e. The van der Waals surface area contributed by atoms with Crippen molar-refractivity contribution >= 4 is 34.2 Å². The smallest absolute Gasteiger partial charge is 0.324 e. The van der Waals surface area contributed by atoms with Crippen LogP contribution in [0.3, 0.4) is 0 Å². The van der Waals surface area contributed by atoms with Crippen molar-refractivity contribution in [1.82, 2.24) is 15.0 Å². The molecular formula is C17H12F3IN4. The minimum Gasteiger partial charge on any atom is -0.324 e. The third-order valence-electron chi connectivity index (χ3n) is 3.42. The maximum atomic E-state index is 13.2. The molecule has 1 N–H and O–H groups in total. The van der Waals surface area contributed by atoms with Crippen molar-refractivity contribution in [2.24, 2.45) is 0 Å². The number of hydrogen-bond donors (Lipinski definition) is 1. The molecule has 3 rings (SSSR count). The third kappa shape index (κ3) is 4.25. The van der Waals surface area contributed by atoms with E-state index in [1.54, 1.807) is 18.3 Å². The summed E-state index contributed by atoms with van der Waals surface area (Å²) in [5, 5.41) is 2.89. The van der Waals surface area contributed by atoms with Gasteiger partial charge >= 0.3 is 6.18 Å². The zero-order valence-corrected chi connectivity index (χ0v) is 15.1. The van der Waals surface area contributed by atoms with Gasteiger partial charge in [-0.1, -0.05) is 6.07 Å². The maximum absolute atomic E-state index is 13.2. The molecule has 0 aliphatic rings. The molecule has 0 atom stereocenters. The topological polar surface area (TPSA) is 50.7 Å². The van der Waals surface area contributed by atoms with E-state index in [2.05, 4.69) is 42.9 Å². The molecule has 3 aromatic rings. The Labute approximate surface area is 155 Å². The molecular weight excluding hydrogens is 444 g/mol. The Morgan fingerprint density at radius 1 is 1.08 bits per heavy atom. The fourth-order valence-electron chi connectivity index (χ4n) is 2.16. The van der Waals surface area contributed by atoms with E-state index < -0.39 is 11.9 Å². The Bertz CT molecular complexity index is 898. The molecule has 2 aromatic heterocycles. The second kappa shape index (κ2) is 6.95. The highest BCUT2D eigenvalue weighted by Crippen LogP contribution is 2.32. The number of nitrogens with one attached hydrogen (secondary N) is 1. The summed E-state index contributed by atoms with van der Waals surface area (Å²) < 4.78 is 40.6. The van der Waals surface area contributed by atoms with Crippen LogP contribution in [-0.2, 0) is 6.18 Å². The second-order valence-corrected chi connectivity index (χ2v) is 6.53. The van der Waals surface area contributed by atoms with Crippen molar-refractivity contribution in [3.8, 4) is 11.3 Å². The van der Waals surface area contributed by atoms with Gasteiger partial charge in [0.05, 0.1) is 5.69 Å². The van der Waals surface area contributed by atoms with Gasteiger partial charge in [-0.2, -0.15) is 13.2 Å². The minimum absolute atomic E-state index is 0.112. The molecule has 25 heavy (non-hydrogen) atoms. The van der Waals surface area contributed by atoms with E-state index in [0.717, 1.165) is 15.2 Å². The summed E-state index contributed by atoms with van der Waals surface area (Å²) in [6, 6.07) is 9.82. The van der Waals surface area contributed by atoms with Gasteiger partial charge in [0.25, 0.3) is 0 Å². The van der Waals surface area contributed by atoms with Gasteiger partial charge in [-0.05, 0) is 65.4 Å². The highest BCUT2D eigenvalue weighted by atomic mass is 127. The summed E-state index contributed by atoms with van der Waals surface area (Å²) in [7, 11) is 0. The lowest BCUT2D eigenvalue weighted by atomic mass is 10.2. The Kier molecular flexibility index (Phi) is 4.89. The zero-order valence-electron chi connectivity index (χ0n) is 13.0. The fourth-order valence-corrected chi connectivity index (χ4v) is 2.65. The molecule has 128 valence electrons. The van der Waals surface area contributed by atoms with Gasteiger partial charge in [0.15, 0.2) is 5.69 Å². The lowest BCUT2D eigenvalue weighted by molar-refractivity contribution is -0.141. The van der Waals surface area contributed by atoms with Crippen LogP contribution in [0, 0.1) is 10.5 Å². The van der Waals surface area contributed by atoms with Crippen molar-refractivity contribution in [1.29, 1.82) is 0 Å². The van der Waals surface area contributed by atoms with E-state index in [-0.39, 0.29) is 11.6 Å². The monoisotopic (exact) mass is 456 g/mol. The average Bonchev–Trinajstić information content (AvgIpc) is 2.58. The summed E-state index contributed by atoms with van der Waals surface area (Å²) in [5.74, 6) is -0.112. The molecule has 2 heterocycles. The predicted molar refractivity (Wildman–Crippen MR) is 97.4 cm³/mol. The normalized spacial score (nSPS) is 11.4. The first kappa shape index (κ1) is 17.6.